The van der Waals surface area contributed by atoms with Gasteiger partial charge in [-0.2, -0.15) is 0 Å². The summed E-state index contributed by atoms with van der Waals surface area (Å²) in [7, 11) is 1.30. The third kappa shape index (κ3) is 4.26. The average molecular weight is 239 g/mol. The van der Waals surface area contributed by atoms with E-state index in [-0.39, 0.29) is 5.91 Å². The molecule has 0 saturated heterocycles. The number of nitrogens with one attached hydrogen (secondary N) is 2. The molecule has 0 aliphatic carbocycles. The summed E-state index contributed by atoms with van der Waals surface area (Å²) in [6, 6.07) is -0.667. The number of esters is 1. The van der Waals surface area contributed by atoms with Crippen LogP contribution in [-0.4, -0.2) is 35.0 Å². The monoisotopic (exact) mass is 239 g/mol. The molecule has 0 radical (unpaired) electrons. The van der Waals surface area contributed by atoms with Gasteiger partial charge < -0.3 is 15.0 Å². The first-order valence-corrected chi connectivity index (χ1v) is 5.51. The number of methoxy groups -OCH3 is 1. The summed E-state index contributed by atoms with van der Waals surface area (Å²) in [4.78, 5) is 29.7. The molecule has 1 heterocycles. The Kier molecular flexibility index (Phi) is 5.19. The zero-order chi connectivity index (χ0) is 12.7. The minimum Gasteiger partial charge on any atom is -0.467 e. The normalized spacial score (nSPS) is 11.9. The predicted octanol–water partition coefficient (Wildman–Crippen LogP) is 0.410. The van der Waals surface area contributed by atoms with Crippen LogP contribution in [0, 0.1) is 0 Å². The Hall–Kier alpha value is -1.85. The van der Waals surface area contributed by atoms with Crippen LogP contribution in [0.5, 0.6) is 0 Å². The number of ether oxygens (including phenoxy) is 1. The number of amides is 1. The number of hydrogen-bond donors (Lipinski definition) is 2. The van der Waals surface area contributed by atoms with Crippen molar-refractivity contribution in [3.05, 3.63) is 18.2 Å². The summed E-state index contributed by atoms with van der Waals surface area (Å²) < 4.78 is 4.65. The smallest absolute Gasteiger partial charge is 0.328 e. The van der Waals surface area contributed by atoms with Crippen LogP contribution >= 0.6 is 0 Å². The molecule has 94 valence electrons. The molecular formula is C11H17N3O3. The van der Waals surface area contributed by atoms with Crippen molar-refractivity contribution >= 4 is 11.9 Å². The van der Waals surface area contributed by atoms with Crippen molar-refractivity contribution in [2.45, 2.75) is 32.2 Å². The lowest BCUT2D eigenvalue weighted by Crippen LogP contribution is -2.43. The van der Waals surface area contributed by atoms with E-state index in [2.05, 4.69) is 20.0 Å². The molecule has 0 aromatic carbocycles. The van der Waals surface area contributed by atoms with E-state index >= 15 is 0 Å². The molecule has 1 rings (SSSR count). The van der Waals surface area contributed by atoms with E-state index in [0.717, 1.165) is 12.1 Å². The Morgan fingerprint density at radius 3 is 2.88 bits per heavy atom. The minimum atomic E-state index is -0.667. The van der Waals surface area contributed by atoms with Gasteiger partial charge >= 0.3 is 5.97 Å². The van der Waals surface area contributed by atoms with Gasteiger partial charge in [0.05, 0.1) is 13.4 Å². The van der Waals surface area contributed by atoms with Gasteiger partial charge in [0.25, 0.3) is 0 Å². The van der Waals surface area contributed by atoms with Crippen LogP contribution in [0.4, 0.5) is 0 Å². The maximum atomic E-state index is 11.5. The maximum Gasteiger partial charge on any atom is 0.328 e. The van der Waals surface area contributed by atoms with Crippen LogP contribution in [0.3, 0.4) is 0 Å². The maximum absolute atomic E-state index is 11.5. The molecular weight excluding hydrogens is 222 g/mol. The molecule has 0 saturated carbocycles. The Bertz CT molecular complexity index is 362. The second-order valence-electron chi connectivity index (χ2n) is 3.67. The van der Waals surface area contributed by atoms with E-state index in [1.54, 1.807) is 6.20 Å². The molecule has 6 nitrogen and oxygen atoms in total. The van der Waals surface area contributed by atoms with Gasteiger partial charge in [-0.3, -0.25) is 4.79 Å². The Balaban J connectivity index is 2.60. The number of H-pyrrole nitrogens is 1. The molecule has 0 aliphatic heterocycles. The molecule has 1 unspecified atom stereocenters. The standard InChI is InChI=1S/C11H17N3O3/c1-3-4-10(15)14-9(11(16)17-2)5-8-6-12-7-13-8/h6-7,9H,3-5H2,1-2H3,(H,12,13)(H,14,15). The largest absolute Gasteiger partial charge is 0.467 e. The number of nitrogens with zero attached hydrogens (tertiary/aromatic N) is 1. The predicted molar refractivity (Wildman–Crippen MR) is 61.1 cm³/mol. The average Bonchev–Trinajstić information content (AvgIpc) is 2.80. The first kappa shape index (κ1) is 13.2. The fourth-order valence-electron chi connectivity index (χ4n) is 1.45. The van der Waals surface area contributed by atoms with Gasteiger partial charge in [0.1, 0.15) is 6.04 Å². The third-order valence-corrected chi connectivity index (χ3v) is 2.28. The van der Waals surface area contributed by atoms with E-state index in [0.29, 0.717) is 12.8 Å². The molecule has 0 spiro atoms. The number of hydrogen-bond acceptors (Lipinski definition) is 4. The molecule has 17 heavy (non-hydrogen) atoms. The van der Waals surface area contributed by atoms with E-state index < -0.39 is 12.0 Å². The molecule has 1 aromatic rings. The Morgan fingerprint density at radius 1 is 1.59 bits per heavy atom. The number of aromatic nitrogens is 2. The van der Waals surface area contributed by atoms with Gasteiger partial charge in [-0.05, 0) is 6.42 Å². The highest BCUT2D eigenvalue weighted by Gasteiger charge is 2.21. The van der Waals surface area contributed by atoms with Crippen molar-refractivity contribution in [3.8, 4) is 0 Å². The fourth-order valence-corrected chi connectivity index (χ4v) is 1.45. The van der Waals surface area contributed by atoms with E-state index in [1.165, 1.54) is 13.4 Å². The van der Waals surface area contributed by atoms with Crippen molar-refractivity contribution in [1.29, 1.82) is 0 Å². The minimum absolute atomic E-state index is 0.151. The number of aromatic amines is 1. The van der Waals surface area contributed by atoms with Crippen molar-refractivity contribution in [3.63, 3.8) is 0 Å². The van der Waals surface area contributed by atoms with Crippen LogP contribution in [-0.2, 0) is 20.7 Å². The summed E-state index contributed by atoms with van der Waals surface area (Å²) >= 11 is 0. The zero-order valence-electron chi connectivity index (χ0n) is 10.0. The van der Waals surface area contributed by atoms with E-state index in [4.69, 9.17) is 0 Å². The topological polar surface area (TPSA) is 84.1 Å². The number of carbonyl (C=O) groups is 2. The SMILES string of the molecule is CCCC(=O)NC(Cc1cnc[nH]1)C(=O)OC. The molecule has 0 fully saturated rings. The van der Waals surface area contributed by atoms with Crippen molar-refractivity contribution in [1.82, 2.24) is 15.3 Å². The lowest BCUT2D eigenvalue weighted by Gasteiger charge is -2.15. The highest BCUT2D eigenvalue weighted by molar-refractivity contribution is 5.84. The summed E-state index contributed by atoms with van der Waals surface area (Å²) in [5.41, 5.74) is 0.775. The highest BCUT2D eigenvalue weighted by Crippen LogP contribution is 2.01. The van der Waals surface area contributed by atoms with Gasteiger partial charge in [-0.1, -0.05) is 6.92 Å². The number of rotatable bonds is 6. The Labute approximate surface area is 99.8 Å². The van der Waals surface area contributed by atoms with Crippen molar-refractivity contribution in [2.24, 2.45) is 0 Å². The zero-order valence-corrected chi connectivity index (χ0v) is 10.0. The molecule has 1 aromatic heterocycles. The summed E-state index contributed by atoms with van der Waals surface area (Å²) in [6.07, 6.45) is 4.63. The van der Waals surface area contributed by atoms with Gasteiger partial charge in [0.2, 0.25) is 5.91 Å². The molecule has 0 bridgehead atoms. The van der Waals surface area contributed by atoms with Crippen LogP contribution < -0.4 is 5.32 Å². The highest BCUT2D eigenvalue weighted by atomic mass is 16.5. The molecule has 1 atom stereocenters. The lowest BCUT2D eigenvalue weighted by molar-refractivity contribution is -0.145. The van der Waals surface area contributed by atoms with E-state index in [9.17, 15) is 9.59 Å². The molecule has 6 heteroatoms. The third-order valence-electron chi connectivity index (χ3n) is 2.28. The summed E-state index contributed by atoms with van der Waals surface area (Å²) in [6.45, 7) is 1.90. The molecule has 1 amide bonds. The van der Waals surface area contributed by atoms with Crippen LogP contribution in [0.2, 0.25) is 0 Å². The second-order valence-corrected chi connectivity index (χ2v) is 3.67. The van der Waals surface area contributed by atoms with Gasteiger partial charge in [0, 0.05) is 24.7 Å². The van der Waals surface area contributed by atoms with Crippen LogP contribution in [0.15, 0.2) is 12.5 Å². The van der Waals surface area contributed by atoms with Gasteiger partial charge in [-0.25, -0.2) is 9.78 Å². The fraction of sp³-hybridized carbons (Fsp3) is 0.545. The molecule has 2 N–H and O–H groups in total. The van der Waals surface area contributed by atoms with E-state index in [1.807, 2.05) is 6.92 Å². The first-order chi connectivity index (χ1) is 8.17. The second kappa shape index (κ2) is 6.67. The number of imidazole rings is 1. The van der Waals surface area contributed by atoms with Crippen molar-refractivity contribution in [2.75, 3.05) is 7.11 Å². The summed E-state index contributed by atoms with van der Waals surface area (Å²) in [5.74, 6) is -0.605. The Morgan fingerprint density at radius 2 is 2.35 bits per heavy atom. The van der Waals surface area contributed by atoms with Crippen molar-refractivity contribution < 1.29 is 14.3 Å². The van der Waals surface area contributed by atoms with Gasteiger partial charge in [-0.15, -0.1) is 0 Å². The lowest BCUT2D eigenvalue weighted by atomic mass is 10.1. The quantitative estimate of drug-likeness (QED) is 0.704. The van der Waals surface area contributed by atoms with Crippen LogP contribution in [0.1, 0.15) is 25.5 Å². The number of carbonyl (C=O) groups excluding carboxylic acids is 2. The van der Waals surface area contributed by atoms with Crippen LogP contribution in [0.25, 0.3) is 0 Å². The molecule has 0 aliphatic rings. The first-order valence-electron chi connectivity index (χ1n) is 5.51. The summed E-state index contributed by atoms with van der Waals surface area (Å²) in [5, 5.41) is 2.65. The van der Waals surface area contributed by atoms with Gasteiger partial charge in [0.15, 0.2) is 0 Å².